The summed E-state index contributed by atoms with van der Waals surface area (Å²) in [7, 11) is 0. The summed E-state index contributed by atoms with van der Waals surface area (Å²) in [6.45, 7) is 11.9. The van der Waals surface area contributed by atoms with Gasteiger partial charge < -0.3 is 0 Å². The molecule has 1 radical (unpaired) electrons. The van der Waals surface area contributed by atoms with Crippen molar-refractivity contribution in [3.8, 4) is 0 Å². The molecule has 133 valence electrons. The van der Waals surface area contributed by atoms with Gasteiger partial charge in [0.2, 0.25) is 0 Å². The van der Waals surface area contributed by atoms with Crippen LogP contribution in [0.2, 0.25) is 0 Å². The molecule has 0 N–H and O–H groups in total. The molecule has 6 aliphatic carbocycles. The molecule has 0 heterocycles. The predicted molar refractivity (Wildman–Crippen MR) is 105 cm³/mol. The third-order valence-corrected chi connectivity index (χ3v) is 8.75. The summed E-state index contributed by atoms with van der Waals surface area (Å²) >= 11 is 0. The minimum atomic E-state index is 0.180. The zero-order valence-corrected chi connectivity index (χ0v) is 16.8. The van der Waals surface area contributed by atoms with E-state index in [9.17, 15) is 0 Å². The van der Waals surface area contributed by atoms with Gasteiger partial charge in [0.15, 0.2) is 0 Å². The zero-order chi connectivity index (χ0) is 17.6. The van der Waals surface area contributed by atoms with Crippen LogP contribution in [0.3, 0.4) is 0 Å². The molecule has 0 aromatic carbocycles. The predicted octanol–water partition coefficient (Wildman–Crippen LogP) is 6.96. The minimum Gasteiger partial charge on any atom is -0.0722 e. The molecule has 0 heteroatoms. The third-order valence-electron chi connectivity index (χ3n) is 8.75. The Balaban J connectivity index is 1.56. The molecule has 0 aliphatic heterocycles. The van der Waals surface area contributed by atoms with Gasteiger partial charge in [-0.1, -0.05) is 25.5 Å². The van der Waals surface area contributed by atoms with Crippen molar-refractivity contribution in [3.63, 3.8) is 0 Å². The first-order chi connectivity index (χ1) is 11.8. The maximum atomic E-state index is 3.90. The molecule has 0 nitrogen and oxygen atoms in total. The van der Waals surface area contributed by atoms with Crippen molar-refractivity contribution in [1.29, 1.82) is 0 Å². The molecule has 6 rings (SSSR count). The number of allylic oxidation sites excluding steroid dienone is 8. The second kappa shape index (κ2) is 5.02. The molecule has 4 fully saturated rings. The van der Waals surface area contributed by atoms with Crippen molar-refractivity contribution in [2.24, 2.45) is 28.6 Å². The first kappa shape index (κ1) is 16.2. The van der Waals surface area contributed by atoms with Gasteiger partial charge in [0, 0.05) is 5.41 Å². The van der Waals surface area contributed by atoms with E-state index in [1.807, 2.05) is 0 Å². The van der Waals surface area contributed by atoms with Crippen LogP contribution in [0.4, 0.5) is 0 Å². The molecule has 0 spiro atoms. The monoisotopic (exact) mass is 333 g/mol. The van der Waals surface area contributed by atoms with Gasteiger partial charge in [-0.05, 0) is 123 Å². The first-order valence-corrected chi connectivity index (χ1v) is 10.5. The summed E-state index contributed by atoms with van der Waals surface area (Å²) in [5.74, 6) is 3.03. The van der Waals surface area contributed by atoms with Gasteiger partial charge in [0.05, 0.1) is 0 Å². The third kappa shape index (κ3) is 2.06. The summed E-state index contributed by atoms with van der Waals surface area (Å²) in [4.78, 5) is 0. The van der Waals surface area contributed by atoms with E-state index in [0.717, 1.165) is 24.2 Å². The molecular weight excluding hydrogens is 300 g/mol. The normalized spacial score (nSPS) is 41.7. The zero-order valence-electron chi connectivity index (χ0n) is 16.8. The summed E-state index contributed by atoms with van der Waals surface area (Å²) in [6, 6.07) is 0. The van der Waals surface area contributed by atoms with Crippen molar-refractivity contribution in [3.05, 3.63) is 45.6 Å². The van der Waals surface area contributed by atoms with E-state index in [1.54, 1.807) is 27.9 Å². The van der Waals surface area contributed by atoms with E-state index >= 15 is 0 Å². The molecule has 0 saturated heterocycles. The smallest absolute Gasteiger partial charge is 0.0117 e. The molecule has 0 aromatic rings. The van der Waals surface area contributed by atoms with Crippen LogP contribution >= 0.6 is 0 Å². The first-order valence-electron chi connectivity index (χ1n) is 10.5. The van der Waals surface area contributed by atoms with E-state index in [1.165, 1.54) is 44.1 Å². The molecule has 4 bridgehead atoms. The summed E-state index contributed by atoms with van der Waals surface area (Å²) in [5.41, 5.74) is 10.2. The number of hydrogen-bond acceptors (Lipinski definition) is 0. The highest BCUT2D eigenvalue weighted by atomic mass is 14.6. The molecule has 0 unspecified atom stereocenters. The lowest BCUT2D eigenvalue weighted by atomic mass is 9.47. The lowest BCUT2D eigenvalue weighted by Crippen LogP contribution is -2.47. The van der Waals surface area contributed by atoms with Crippen molar-refractivity contribution in [1.82, 2.24) is 0 Å². The van der Waals surface area contributed by atoms with Gasteiger partial charge in [-0.3, -0.25) is 0 Å². The highest BCUT2D eigenvalue weighted by molar-refractivity contribution is 5.64. The van der Waals surface area contributed by atoms with Crippen molar-refractivity contribution < 1.29 is 0 Å². The van der Waals surface area contributed by atoms with Gasteiger partial charge >= 0.3 is 0 Å². The Hall–Kier alpha value is -1.04. The van der Waals surface area contributed by atoms with Crippen LogP contribution in [0.25, 0.3) is 0 Å². The van der Waals surface area contributed by atoms with E-state index < -0.39 is 0 Å². The standard InChI is InChI=1S/C25H33/c1-15-16(2)23(24(4,5)17(15)3)21-7-6-8-22(21)25-12-18-9-19(13-25)11-20(10-18)14-25/h7,18-20H,6,9-14H2,1-5H3. The van der Waals surface area contributed by atoms with Crippen LogP contribution in [-0.4, -0.2) is 0 Å². The lowest BCUT2D eigenvalue weighted by Gasteiger charge is -2.58. The Kier molecular flexibility index (Phi) is 3.24. The number of hydrogen-bond donors (Lipinski definition) is 0. The van der Waals surface area contributed by atoms with Crippen molar-refractivity contribution in [2.75, 3.05) is 0 Å². The number of rotatable bonds is 2. The summed E-state index contributed by atoms with van der Waals surface area (Å²) < 4.78 is 0. The van der Waals surface area contributed by atoms with Gasteiger partial charge in [-0.25, -0.2) is 0 Å². The van der Waals surface area contributed by atoms with Gasteiger partial charge in [-0.15, -0.1) is 0 Å². The van der Waals surface area contributed by atoms with Crippen LogP contribution in [0.1, 0.15) is 79.6 Å². The van der Waals surface area contributed by atoms with Crippen LogP contribution in [0.5, 0.6) is 0 Å². The van der Waals surface area contributed by atoms with Crippen LogP contribution in [0.15, 0.2) is 39.5 Å². The highest BCUT2D eigenvalue weighted by Gasteiger charge is 2.54. The Morgan fingerprint density at radius 2 is 1.44 bits per heavy atom. The van der Waals surface area contributed by atoms with Gasteiger partial charge in [0.25, 0.3) is 0 Å². The second-order valence-electron chi connectivity index (χ2n) is 10.4. The van der Waals surface area contributed by atoms with Crippen LogP contribution in [0, 0.1) is 34.7 Å². The average Bonchev–Trinajstić information content (AvgIpc) is 3.06. The topological polar surface area (TPSA) is 0 Å². The maximum Gasteiger partial charge on any atom is 0.0117 e. The van der Waals surface area contributed by atoms with Crippen molar-refractivity contribution in [2.45, 2.75) is 79.6 Å². The van der Waals surface area contributed by atoms with Crippen molar-refractivity contribution >= 4 is 0 Å². The molecule has 0 amide bonds. The van der Waals surface area contributed by atoms with E-state index in [-0.39, 0.29) is 5.41 Å². The second-order valence-corrected chi connectivity index (χ2v) is 10.4. The van der Waals surface area contributed by atoms with E-state index in [2.05, 4.69) is 46.8 Å². The lowest BCUT2D eigenvalue weighted by molar-refractivity contribution is -0.0293. The fourth-order valence-electron chi connectivity index (χ4n) is 7.70. The highest BCUT2D eigenvalue weighted by Crippen LogP contribution is 2.65. The maximum absolute atomic E-state index is 3.90. The fourth-order valence-corrected chi connectivity index (χ4v) is 7.70. The Morgan fingerprint density at radius 1 is 0.880 bits per heavy atom. The molecule has 0 aromatic heterocycles. The summed E-state index contributed by atoms with van der Waals surface area (Å²) in [6.07, 6.45) is 16.4. The SMILES string of the molecule is CC1=C(C)C(C)(C)C(C2=CC[C]=C2C23CC4CC(CC(C4)C2)C3)=C1C. The molecule has 25 heavy (non-hydrogen) atoms. The summed E-state index contributed by atoms with van der Waals surface area (Å²) in [5, 5.41) is 0. The fraction of sp³-hybridized carbons (Fsp3) is 0.680. The van der Waals surface area contributed by atoms with Crippen LogP contribution in [-0.2, 0) is 0 Å². The molecular formula is C25H33. The van der Waals surface area contributed by atoms with Gasteiger partial charge in [0.1, 0.15) is 0 Å². The van der Waals surface area contributed by atoms with E-state index in [4.69, 9.17) is 0 Å². The quantitative estimate of drug-likeness (QED) is 0.512. The Bertz CT molecular complexity index is 727. The minimum absolute atomic E-state index is 0.180. The molecule has 4 saturated carbocycles. The Labute approximate surface area is 154 Å². The van der Waals surface area contributed by atoms with E-state index in [0.29, 0.717) is 5.41 Å². The largest absolute Gasteiger partial charge is 0.0722 e. The Morgan fingerprint density at radius 3 is 1.92 bits per heavy atom. The average molecular weight is 334 g/mol. The van der Waals surface area contributed by atoms with Crippen LogP contribution < -0.4 is 0 Å². The molecule has 0 atom stereocenters. The molecule has 6 aliphatic rings. The van der Waals surface area contributed by atoms with Gasteiger partial charge in [-0.2, -0.15) is 0 Å².